The van der Waals surface area contributed by atoms with E-state index in [1.54, 1.807) is 0 Å². The SMILES string of the molecule is COC(=O)c1cc(NCc2ccc(F)c(F)c2)c(F)cc1F. The molecular weight excluding hydrogens is 302 g/mol. The highest BCUT2D eigenvalue weighted by molar-refractivity contribution is 5.90. The molecular formula is C15H11F4NO2. The average Bonchev–Trinajstić information content (AvgIpc) is 2.49. The number of nitrogens with one attached hydrogen (secondary N) is 1. The summed E-state index contributed by atoms with van der Waals surface area (Å²) in [4.78, 5) is 11.4. The van der Waals surface area contributed by atoms with E-state index >= 15 is 0 Å². The zero-order valence-corrected chi connectivity index (χ0v) is 11.4. The standard InChI is InChI=1S/C15H11F4NO2/c1-22-15(21)9-5-14(13(19)6-11(9)17)20-7-8-2-3-10(16)12(18)4-8/h2-6,20H,7H2,1H3. The molecule has 0 heterocycles. The van der Waals surface area contributed by atoms with Crippen LogP contribution in [0.5, 0.6) is 0 Å². The molecule has 0 bridgehead atoms. The van der Waals surface area contributed by atoms with Gasteiger partial charge in [-0.3, -0.25) is 0 Å². The van der Waals surface area contributed by atoms with E-state index in [4.69, 9.17) is 0 Å². The van der Waals surface area contributed by atoms with Gasteiger partial charge in [0.2, 0.25) is 0 Å². The van der Waals surface area contributed by atoms with Crippen LogP contribution in [0.3, 0.4) is 0 Å². The number of halogens is 4. The van der Waals surface area contributed by atoms with E-state index in [-0.39, 0.29) is 12.2 Å². The minimum atomic E-state index is -1.05. The summed E-state index contributed by atoms with van der Waals surface area (Å²) in [5.41, 5.74) is -0.245. The van der Waals surface area contributed by atoms with E-state index in [9.17, 15) is 22.4 Å². The highest BCUT2D eigenvalue weighted by Crippen LogP contribution is 2.21. The maximum Gasteiger partial charge on any atom is 0.340 e. The topological polar surface area (TPSA) is 38.3 Å². The van der Waals surface area contributed by atoms with Crippen LogP contribution in [0, 0.1) is 23.3 Å². The summed E-state index contributed by atoms with van der Waals surface area (Å²) in [6, 6.07) is 4.70. The number of carbonyl (C=O) groups is 1. The Balaban J connectivity index is 2.22. The lowest BCUT2D eigenvalue weighted by atomic mass is 10.1. The second-order valence-electron chi connectivity index (χ2n) is 4.41. The van der Waals surface area contributed by atoms with E-state index in [0.29, 0.717) is 11.6 Å². The van der Waals surface area contributed by atoms with Crippen LogP contribution in [0.15, 0.2) is 30.3 Å². The molecule has 2 rings (SSSR count). The van der Waals surface area contributed by atoms with E-state index in [0.717, 1.165) is 25.3 Å². The summed E-state index contributed by atoms with van der Waals surface area (Å²) < 4.78 is 57.4. The molecule has 0 saturated carbocycles. The molecule has 1 N–H and O–H groups in total. The van der Waals surface area contributed by atoms with Crippen LogP contribution < -0.4 is 5.32 Å². The molecule has 7 heteroatoms. The van der Waals surface area contributed by atoms with Crippen molar-refractivity contribution in [2.45, 2.75) is 6.54 Å². The van der Waals surface area contributed by atoms with Gasteiger partial charge in [-0.25, -0.2) is 22.4 Å². The van der Waals surface area contributed by atoms with Gasteiger partial charge in [0.25, 0.3) is 0 Å². The van der Waals surface area contributed by atoms with E-state index in [1.807, 2.05) is 0 Å². The van der Waals surface area contributed by atoms with Gasteiger partial charge in [0.05, 0.1) is 18.4 Å². The number of methoxy groups -OCH3 is 1. The Morgan fingerprint density at radius 3 is 2.36 bits per heavy atom. The molecule has 0 saturated heterocycles. The molecule has 3 nitrogen and oxygen atoms in total. The number of benzene rings is 2. The number of anilines is 1. The summed E-state index contributed by atoms with van der Waals surface area (Å²) in [5, 5.41) is 2.58. The van der Waals surface area contributed by atoms with Gasteiger partial charge in [-0.1, -0.05) is 6.07 Å². The first-order valence-corrected chi connectivity index (χ1v) is 6.17. The molecule has 0 radical (unpaired) electrons. The van der Waals surface area contributed by atoms with Crippen LogP contribution >= 0.6 is 0 Å². The van der Waals surface area contributed by atoms with Crippen molar-refractivity contribution < 1.29 is 27.1 Å². The molecule has 22 heavy (non-hydrogen) atoms. The van der Waals surface area contributed by atoms with Gasteiger partial charge in [0.1, 0.15) is 11.6 Å². The second-order valence-corrected chi connectivity index (χ2v) is 4.41. The first-order valence-electron chi connectivity index (χ1n) is 6.17. The van der Waals surface area contributed by atoms with Crippen molar-refractivity contribution in [1.29, 1.82) is 0 Å². The monoisotopic (exact) mass is 313 g/mol. The molecule has 0 amide bonds. The van der Waals surface area contributed by atoms with Crippen LogP contribution in [0.4, 0.5) is 23.2 Å². The molecule has 0 spiro atoms. The van der Waals surface area contributed by atoms with Gasteiger partial charge in [-0.05, 0) is 23.8 Å². The molecule has 0 aromatic heterocycles. The summed E-state index contributed by atoms with van der Waals surface area (Å²) >= 11 is 0. The summed E-state index contributed by atoms with van der Waals surface area (Å²) in [6.07, 6.45) is 0. The molecule has 0 atom stereocenters. The highest BCUT2D eigenvalue weighted by Gasteiger charge is 2.16. The van der Waals surface area contributed by atoms with Gasteiger partial charge in [-0.15, -0.1) is 0 Å². The van der Waals surface area contributed by atoms with Crippen molar-refractivity contribution >= 4 is 11.7 Å². The number of carbonyl (C=O) groups excluding carboxylic acids is 1. The van der Waals surface area contributed by atoms with Crippen LogP contribution in [-0.4, -0.2) is 13.1 Å². The highest BCUT2D eigenvalue weighted by atomic mass is 19.2. The lowest BCUT2D eigenvalue weighted by Gasteiger charge is -2.10. The second kappa shape index (κ2) is 6.46. The summed E-state index contributed by atoms with van der Waals surface area (Å²) in [6.45, 7) is -0.0413. The Morgan fingerprint density at radius 2 is 1.73 bits per heavy atom. The maximum absolute atomic E-state index is 13.7. The molecule has 0 aliphatic heterocycles. The van der Waals surface area contributed by atoms with Crippen molar-refractivity contribution in [2.75, 3.05) is 12.4 Å². The molecule has 0 aliphatic carbocycles. The Bertz CT molecular complexity index is 719. The van der Waals surface area contributed by atoms with Crippen LogP contribution in [-0.2, 0) is 11.3 Å². The van der Waals surface area contributed by atoms with Crippen molar-refractivity contribution in [1.82, 2.24) is 0 Å². The quantitative estimate of drug-likeness (QED) is 0.692. The Kier molecular flexibility index (Phi) is 4.65. The van der Waals surface area contributed by atoms with Crippen molar-refractivity contribution in [3.05, 3.63) is 64.7 Å². The van der Waals surface area contributed by atoms with Gasteiger partial charge < -0.3 is 10.1 Å². The van der Waals surface area contributed by atoms with E-state index in [1.165, 1.54) is 6.07 Å². The van der Waals surface area contributed by atoms with Crippen LogP contribution in [0.25, 0.3) is 0 Å². The predicted molar refractivity (Wildman–Crippen MR) is 71.4 cm³/mol. The minimum absolute atomic E-state index is 0.0413. The van der Waals surface area contributed by atoms with Crippen molar-refractivity contribution in [3.8, 4) is 0 Å². The smallest absolute Gasteiger partial charge is 0.340 e. The summed E-state index contributed by atoms with van der Waals surface area (Å²) in [5.74, 6) is -4.96. The van der Waals surface area contributed by atoms with Gasteiger partial charge >= 0.3 is 5.97 Å². The lowest BCUT2D eigenvalue weighted by Crippen LogP contribution is -2.08. The molecule has 116 valence electrons. The van der Waals surface area contributed by atoms with Crippen molar-refractivity contribution in [3.63, 3.8) is 0 Å². The Morgan fingerprint density at radius 1 is 1.00 bits per heavy atom. The lowest BCUT2D eigenvalue weighted by molar-refractivity contribution is 0.0595. The van der Waals surface area contributed by atoms with Gasteiger partial charge in [0, 0.05) is 12.6 Å². The number of rotatable bonds is 4. The average molecular weight is 313 g/mol. The molecule has 2 aromatic carbocycles. The van der Waals surface area contributed by atoms with Crippen molar-refractivity contribution in [2.24, 2.45) is 0 Å². The number of hydrogen-bond acceptors (Lipinski definition) is 3. The van der Waals surface area contributed by atoms with Gasteiger partial charge in [0.15, 0.2) is 11.6 Å². The van der Waals surface area contributed by atoms with Gasteiger partial charge in [-0.2, -0.15) is 0 Å². The third-order valence-corrected chi connectivity index (χ3v) is 2.93. The number of hydrogen-bond donors (Lipinski definition) is 1. The largest absolute Gasteiger partial charge is 0.465 e. The molecule has 0 unspecified atom stereocenters. The Hall–Kier alpha value is -2.57. The Labute approximate surface area is 123 Å². The molecule has 0 fully saturated rings. The zero-order valence-electron chi connectivity index (χ0n) is 11.4. The third kappa shape index (κ3) is 3.36. The number of ether oxygens (including phenoxy) is 1. The first kappa shape index (κ1) is 15.8. The third-order valence-electron chi connectivity index (χ3n) is 2.93. The summed E-state index contributed by atoms with van der Waals surface area (Å²) in [7, 11) is 1.07. The number of esters is 1. The van der Waals surface area contributed by atoms with Crippen LogP contribution in [0.2, 0.25) is 0 Å². The molecule has 2 aromatic rings. The van der Waals surface area contributed by atoms with E-state index in [2.05, 4.69) is 10.1 Å². The fourth-order valence-electron chi connectivity index (χ4n) is 1.80. The van der Waals surface area contributed by atoms with Crippen LogP contribution in [0.1, 0.15) is 15.9 Å². The fraction of sp³-hybridized carbons (Fsp3) is 0.133. The minimum Gasteiger partial charge on any atom is -0.465 e. The normalized spacial score (nSPS) is 10.4. The maximum atomic E-state index is 13.7. The predicted octanol–water partition coefficient (Wildman–Crippen LogP) is 3.64. The molecule has 0 aliphatic rings. The zero-order chi connectivity index (χ0) is 16.3. The first-order chi connectivity index (χ1) is 10.4. The fourth-order valence-corrected chi connectivity index (χ4v) is 1.80. The van der Waals surface area contributed by atoms with E-state index < -0.39 is 34.8 Å².